The van der Waals surface area contributed by atoms with Gasteiger partial charge in [-0.1, -0.05) is 30.3 Å². The van der Waals surface area contributed by atoms with E-state index in [9.17, 15) is 19.6 Å². The summed E-state index contributed by atoms with van der Waals surface area (Å²) in [6.07, 6.45) is -0.816. The van der Waals surface area contributed by atoms with Gasteiger partial charge in [0, 0.05) is 12.5 Å². The Hall–Kier alpha value is -2.02. The number of aliphatic hydroxyl groups excluding tert-OH is 1. The fourth-order valence-electron chi connectivity index (χ4n) is 2.15. The number of nitro benzene ring substituents is 1. The number of hydrogen-bond acceptors (Lipinski definition) is 4. The van der Waals surface area contributed by atoms with E-state index in [1.165, 1.54) is 0 Å². The molecule has 2 aromatic carbocycles. The Morgan fingerprint density at radius 2 is 1.86 bits per heavy atom. The minimum Gasteiger partial charge on any atom is -0.391 e. The summed E-state index contributed by atoms with van der Waals surface area (Å²) in [7, 11) is 0. The topological polar surface area (TPSA) is 89.4 Å². The summed E-state index contributed by atoms with van der Waals surface area (Å²) in [5, 5.41) is 21.1. The van der Waals surface area contributed by atoms with E-state index in [2.05, 4.69) is 0 Å². The second-order valence-corrected chi connectivity index (χ2v) is 4.74. The van der Waals surface area contributed by atoms with E-state index in [4.69, 9.17) is 5.73 Å². The molecule has 3 N–H and O–H groups in total. The minimum absolute atomic E-state index is 0. The molecule has 0 unspecified atom stereocenters. The molecule has 0 heterocycles. The molecule has 0 aliphatic rings. The quantitative estimate of drug-likeness (QED) is 0.653. The zero-order valence-corrected chi connectivity index (χ0v) is 12.4. The highest BCUT2D eigenvalue weighted by atomic mass is 35.5. The van der Waals surface area contributed by atoms with E-state index >= 15 is 0 Å². The molecule has 7 heteroatoms. The van der Waals surface area contributed by atoms with Crippen LogP contribution in [0.5, 0.6) is 0 Å². The van der Waals surface area contributed by atoms with Crippen molar-refractivity contribution in [3.05, 3.63) is 75.6 Å². The van der Waals surface area contributed by atoms with Gasteiger partial charge in [0.25, 0.3) is 5.69 Å². The van der Waals surface area contributed by atoms with E-state index in [0.29, 0.717) is 0 Å². The molecule has 2 aromatic rings. The fourth-order valence-corrected chi connectivity index (χ4v) is 2.15. The molecule has 0 fully saturated rings. The van der Waals surface area contributed by atoms with Gasteiger partial charge in [0.05, 0.1) is 22.6 Å². The summed E-state index contributed by atoms with van der Waals surface area (Å²) < 4.78 is 13.3. The highest BCUT2D eigenvalue weighted by molar-refractivity contribution is 5.85. The van der Waals surface area contributed by atoms with E-state index in [-0.39, 0.29) is 30.1 Å². The van der Waals surface area contributed by atoms with Crippen LogP contribution in [0.25, 0.3) is 0 Å². The summed E-state index contributed by atoms with van der Waals surface area (Å²) in [6, 6.07) is 11.1. The molecule has 5 nitrogen and oxygen atoms in total. The Bertz CT molecular complexity index is 640. The standard InChI is InChI=1S/C15H15FN2O3.ClH/c16-11-6-7-13(18(20)21)12(9-11)15(17)14(19)8-10-4-2-1-3-5-10;/h1-7,9,14-15,19H,8,17H2;1H/t14-,15+;/m0./s1. The number of rotatable bonds is 5. The van der Waals surface area contributed by atoms with Gasteiger partial charge in [-0.05, 0) is 17.7 Å². The van der Waals surface area contributed by atoms with Gasteiger partial charge in [-0.2, -0.15) is 0 Å². The minimum atomic E-state index is -1.05. The van der Waals surface area contributed by atoms with Crippen molar-refractivity contribution in [1.29, 1.82) is 0 Å². The number of nitrogens with zero attached hydrogens (tertiary/aromatic N) is 1. The van der Waals surface area contributed by atoms with Crippen LogP contribution in [0.15, 0.2) is 48.5 Å². The normalized spacial score (nSPS) is 13.0. The lowest BCUT2D eigenvalue weighted by Crippen LogP contribution is -2.28. The Balaban J connectivity index is 0.00000242. The third kappa shape index (κ3) is 4.24. The molecule has 2 rings (SSSR count). The lowest BCUT2D eigenvalue weighted by molar-refractivity contribution is -0.385. The maximum Gasteiger partial charge on any atom is 0.274 e. The average molecular weight is 327 g/mol. The predicted molar refractivity (Wildman–Crippen MR) is 83.4 cm³/mol. The molecular formula is C15H16ClFN2O3. The number of nitro groups is 1. The summed E-state index contributed by atoms with van der Waals surface area (Å²) in [6.45, 7) is 0. The number of nitrogens with two attached hydrogens (primary N) is 1. The molecule has 0 bridgehead atoms. The van der Waals surface area contributed by atoms with Crippen molar-refractivity contribution in [3.8, 4) is 0 Å². The molecule has 0 radical (unpaired) electrons. The first kappa shape index (κ1) is 18.0. The van der Waals surface area contributed by atoms with Gasteiger partial charge in [-0.25, -0.2) is 4.39 Å². The second kappa shape index (κ2) is 7.84. The van der Waals surface area contributed by atoms with Crippen LogP contribution >= 0.6 is 12.4 Å². The van der Waals surface area contributed by atoms with Crippen LogP contribution in [-0.4, -0.2) is 16.1 Å². The number of aliphatic hydroxyl groups is 1. The molecule has 2 atom stereocenters. The molecule has 0 aliphatic heterocycles. The second-order valence-electron chi connectivity index (χ2n) is 4.74. The first-order chi connectivity index (χ1) is 9.99. The Morgan fingerprint density at radius 1 is 1.23 bits per heavy atom. The van der Waals surface area contributed by atoms with Gasteiger partial charge >= 0.3 is 0 Å². The molecule has 0 saturated heterocycles. The lowest BCUT2D eigenvalue weighted by atomic mass is 9.95. The molecule has 22 heavy (non-hydrogen) atoms. The molecule has 118 valence electrons. The van der Waals surface area contributed by atoms with E-state index in [0.717, 1.165) is 23.8 Å². The van der Waals surface area contributed by atoms with Crippen molar-refractivity contribution < 1.29 is 14.4 Å². The van der Waals surface area contributed by atoms with Crippen LogP contribution in [0.3, 0.4) is 0 Å². The van der Waals surface area contributed by atoms with E-state index in [1.807, 2.05) is 30.3 Å². The lowest BCUT2D eigenvalue weighted by Gasteiger charge is -2.19. The van der Waals surface area contributed by atoms with Crippen molar-refractivity contribution in [2.24, 2.45) is 5.73 Å². The monoisotopic (exact) mass is 326 g/mol. The van der Waals surface area contributed by atoms with Gasteiger partial charge in [0.15, 0.2) is 0 Å². The Kier molecular flexibility index (Phi) is 6.42. The molecule has 0 saturated carbocycles. The third-order valence-corrected chi connectivity index (χ3v) is 3.25. The zero-order chi connectivity index (χ0) is 15.4. The largest absolute Gasteiger partial charge is 0.391 e. The highest BCUT2D eigenvalue weighted by Crippen LogP contribution is 2.27. The van der Waals surface area contributed by atoms with Crippen molar-refractivity contribution in [2.45, 2.75) is 18.6 Å². The predicted octanol–water partition coefficient (Wildman–Crippen LogP) is 2.76. The smallest absolute Gasteiger partial charge is 0.274 e. The molecule has 0 aliphatic carbocycles. The summed E-state index contributed by atoms with van der Waals surface area (Å²) in [5.74, 6) is -0.627. The van der Waals surface area contributed by atoms with Gasteiger partial charge in [0.1, 0.15) is 5.82 Å². The van der Waals surface area contributed by atoms with Crippen molar-refractivity contribution in [2.75, 3.05) is 0 Å². The SMILES string of the molecule is Cl.N[C@H](c1cc(F)ccc1[N+](=O)[O-])[C@@H](O)Cc1ccccc1. The first-order valence-corrected chi connectivity index (χ1v) is 6.40. The van der Waals surface area contributed by atoms with Crippen LogP contribution in [0, 0.1) is 15.9 Å². The fraction of sp³-hybridized carbons (Fsp3) is 0.200. The molecule has 0 amide bonds. The van der Waals surface area contributed by atoms with Crippen LogP contribution in [0.1, 0.15) is 17.2 Å². The Morgan fingerprint density at radius 3 is 2.45 bits per heavy atom. The maximum atomic E-state index is 13.3. The van der Waals surface area contributed by atoms with Gasteiger partial charge in [-0.3, -0.25) is 10.1 Å². The van der Waals surface area contributed by atoms with Crippen LogP contribution in [0.4, 0.5) is 10.1 Å². The van der Waals surface area contributed by atoms with Crippen molar-refractivity contribution >= 4 is 18.1 Å². The van der Waals surface area contributed by atoms with Crippen molar-refractivity contribution in [1.82, 2.24) is 0 Å². The number of hydrogen-bond donors (Lipinski definition) is 2. The van der Waals surface area contributed by atoms with Crippen LogP contribution in [-0.2, 0) is 6.42 Å². The van der Waals surface area contributed by atoms with Crippen LogP contribution in [0.2, 0.25) is 0 Å². The first-order valence-electron chi connectivity index (χ1n) is 6.40. The summed E-state index contributed by atoms with van der Waals surface area (Å²) >= 11 is 0. The summed E-state index contributed by atoms with van der Waals surface area (Å²) in [5.41, 5.74) is 6.41. The van der Waals surface area contributed by atoms with Gasteiger partial charge in [-0.15, -0.1) is 12.4 Å². The Labute approximate surface area is 133 Å². The maximum absolute atomic E-state index is 13.3. The van der Waals surface area contributed by atoms with E-state index < -0.39 is 22.9 Å². The summed E-state index contributed by atoms with van der Waals surface area (Å²) in [4.78, 5) is 10.3. The average Bonchev–Trinajstić information content (AvgIpc) is 2.47. The van der Waals surface area contributed by atoms with Crippen LogP contribution < -0.4 is 5.73 Å². The zero-order valence-electron chi connectivity index (χ0n) is 11.6. The van der Waals surface area contributed by atoms with Gasteiger partial charge < -0.3 is 10.8 Å². The van der Waals surface area contributed by atoms with Gasteiger partial charge in [0.2, 0.25) is 0 Å². The van der Waals surface area contributed by atoms with Crippen molar-refractivity contribution in [3.63, 3.8) is 0 Å². The molecule has 0 spiro atoms. The third-order valence-electron chi connectivity index (χ3n) is 3.25. The molecular weight excluding hydrogens is 311 g/mol. The molecule has 0 aromatic heterocycles. The highest BCUT2D eigenvalue weighted by Gasteiger charge is 2.25. The number of benzene rings is 2. The van der Waals surface area contributed by atoms with E-state index in [1.54, 1.807) is 0 Å². The number of halogens is 2.